The molecule has 0 fully saturated rings. The topological polar surface area (TPSA) is 69.7 Å². The van der Waals surface area contributed by atoms with E-state index in [-0.39, 0.29) is 18.0 Å². The number of methoxy groups -OCH3 is 2. The number of hydrogen-bond acceptors (Lipinski definition) is 5. The van der Waals surface area contributed by atoms with Crippen LogP contribution in [0.25, 0.3) is 0 Å². The Morgan fingerprint density at radius 1 is 1.11 bits per heavy atom. The second-order valence-electron chi connectivity index (χ2n) is 3.90. The number of ether oxygens (including phenoxy) is 2. The van der Waals surface area contributed by atoms with E-state index in [1.54, 1.807) is 18.2 Å². The summed E-state index contributed by atoms with van der Waals surface area (Å²) in [7, 11) is -0.171. The summed E-state index contributed by atoms with van der Waals surface area (Å²) in [4.78, 5) is 11.9. The molecule has 0 spiro atoms. The van der Waals surface area contributed by atoms with E-state index in [1.807, 2.05) is 0 Å². The van der Waals surface area contributed by atoms with E-state index in [9.17, 15) is 13.2 Å². The van der Waals surface area contributed by atoms with Gasteiger partial charge in [-0.05, 0) is 12.1 Å². The lowest BCUT2D eigenvalue weighted by Gasteiger charge is -2.07. The molecule has 0 atom stereocenters. The number of benzene rings is 1. The Balaban J connectivity index is 2.91. The van der Waals surface area contributed by atoms with Gasteiger partial charge in [0.25, 0.3) is 0 Å². The predicted octanol–water partition coefficient (Wildman–Crippen LogP) is 1.32. The molecule has 1 aromatic carbocycles. The van der Waals surface area contributed by atoms with Crippen LogP contribution in [0.1, 0.15) is 16.8 Å². The van der Waals surface area contributed by atoms with Crippen LogP contribution >= 0.6 is 0 Å². The Morgan fingerprint density at radius 3 is 2.00 bits per heavy atom. The predicted molar refractivity (Wildman–Crippen MR) is 68.2 cm³/mol. The van der Waals surface area contributed by atoms with Crippen LogP contribution in [0, 0.1) is 0 Å². The Morgan fingerprint density at radius 2 is 1.61 bits per heavy atom. The van der Waals surface area contributed by atoms with E-state index in [2.05, 4.69) is 0 Å². The Kier molecular flexibility index (Phi) is 4.72. The Hall–Kier alpha value is -1.56. The molecule has 18 heavy (non-hydrogen) atoms. The minimum absolute atomic E-state index is 0.0465. The van der Waals surface area contributed by atoms with E-state index in [0.717, 1.165) is 6.26 Å². The van der Waals surface area contributed by atoms with Crippen LogP contribution in [0.5, 0.6) is 11.5 Å². The lowest BCUT2D eigenvalue weighted by molar-refractivity contribution is 0.0988. The summed E-state index contributed by atoms with van der Waals surface area (Å²) in [6.45, 7) is 0. The maximum atomic E-state index is 11.9. The maximum absolute atomic E-state index is 11.9. The zero-order valence-electron chi connectivity index (χ0n) is 10.6. The monoisotopic (exact) mass is 272 g/mol. The molecule has 0 bridgehead atoms. The first kappa shape index (κ1) is 14.5. The van der Waals surface area contributed by atoms with Crippen molar-refractivity contribution in [3.05, 3.63) is 23.8 Å². The van der Waals surface area contributed by atoms with Crippen molar-refractivity contribution >= 4 is 15.6 Å². The summed E-state index contributed by atoms with van der Waals surface area (Å²) in [6, 6.07) is 4.77. The molecular weight excluding hydrogens is 256 g/mol. The first-order chi connectivity index (χ1) is 8.35. The third-order valence-corrected chi connectivity index (χ3v) is 3.32. The van der Waals surface area contributed by atoms with Gasteiger partial charge in [-0.3, -0.25) is 4.79 Å². The third-order valence-electron chi connectivity index (χ3n) is 2.37. The molecule has 0 aliphatic rings. The van der Waals surface area contributed by atoms with Crippen molar-refractivity contribution in [3.8, 4) is 11.5 Å². The molecule has 0 aliphatic heterocycles. The average molecular weight is 272 g/mol. The summed E-state index contributed by atoms with van der Waals surface area (Å²) >= 11 is 0. The van der Waals surface area contributed by atoms with Gasteiger partial charge in [0.15, 0.2) is 5.78 Å². The molecular formula is C12H16O5S. The standard InChI is InChI=1S/C12H16O5S/c1-16-10-6-9(7-11(8-10)17-2)12(13)4-5-18(3,14)15/h6-8H,4-5H2,1-3H3. The van der Waals surface area contributed by atoms with Gasteiger partial charge in [-0.2, -0.15) is 0 Å². The number of hydrogen-bond donors (Lipinski definition) is 0. The molecule has 0 saturated carbocycles. The second kappa shape index (κ2) is 5.86. The first-order valence-electron chi connectivity index (χ1n) is 5.29. The van der Waals surface area contributed by atoms with Crippen molar-refractivity contribution < 1.29 is 22.7 Å². The van der Waals surface area contributed by atoms with Gasteiger partial charge in [0.2, 0.25) is 0 Å². The summed E-state index contributed by atoms with van der Waals surface area (Å²) in [6.07, 6.45) is 1.06. The van der Waals surface area contributed by atoms with Gasteiger partial charge in [0.1, 0.15) is 21.3 Å². The minimum atomic E-state index is -3.14. The molecule has 6 heteroatoms. The summed E-state index contributed by atoms with van der Waals surface area (Å²) in [5.41, 5.74) is 0.384. The van der Waals surface area contributed by atoms with E-state index in [0.29, 0.717) is 17.1 Å². The lowest BCUT2D eigenvalue weighted by Crippen LogP contribution is -2.09. The van der Waals surface area contributed by atoms with E-state index in [1.165, 1.54) is 14.2 Å². The number of rotatable bonds is 6. The van der Waals surface area contributed by atoms with Gasteiger partial charge >= 0.3 is 0 Å². The van der Waals surface area contributed by atoms with Crippen molar-refractivity contribution in [2.24, 2.45) is 0 Å². The van der Waals surface area contributed by atoms with Gasteiger partial charge in [-0.25, -0.2) is 8.42 Å². The molecule has 1 aromatic rings. The SMILES string of the molecule is COc1cc(OC)cc(C(=O)CCS(C)(=O)=O)c1. The maximum Gasteiger partial charge on any atom is 0.164 e. The number of Topliss-reactive ketones (excluding diaryl/α,β-unsaturated/α-hetero) is 1. The summed E-state index contributed by atoms with van der Waals surface area (Å²) in [5, 5.41) is 0. The zero-order chi connectivity index (χ0) is 13.8. The quantitative estimate of drug-likeness (QED) is 0.730. The fraction of sp³-hybridized carbons (Fsp3) is 0.417. The minimum Gasteiger partial charge on any atom is -0.497 e. The molecule has 0 radical (unpaired) electrons. The normalized spacial score (nSPS) is 11.1. The number of sulfone groups is 1. The summed E-state index contributed by atoms with van der Waals surface area (Å²) < 4.78 is 32.1. The molecule has 0 saturated heterocycles. The van der Waals surface area contributed by atoms with E-state index in [4.69, 9.17) is 9.47 Å². The van der Waals surface area contributed by atoms with Crippen molar-refractivity contribution in [2.45, 2.75) is 6.42 Å². The van der Waals surface area contributed by atoms with Crippen molar-refractivity contribution in [1.29, 1.82) is 0 Å². The van der Waals surface area contributed by atoms with Crippen LogP contribution in [0.15, 0.2) is 18.2 Å². The number of carbonyl (C=O) groups is 1. The largest absolute Gasteiger partial charge is 0.497 e. The fourth-order valence-electron chi connectivity index (χ4n) is 1.39. The van der Waals surface area contributed by atoms with E-state index >= 15 is 0 Å². The van der Waals surface area contributed by atoms with Gasteiger partial charge in [0.05, 0.1) is 20.0 Å². The van der Waals surface area contributed by atoms with Gasteiger partial charge in [-0.1, -0.05) is 0 Å². The Bertz CT molecular complexity index is 511. The zero-order valence-corrected chi connectivity index (χ0v) is 11.4. The lowest BCUT2D eigenvalue weighted by atomic mass is 10.1. The van der Waals surface area contributed by atoms with Crippen LogP contribution in [-0.4, -0.2) is 40.4 Å². The molecule has 0 N–H and O–H groups in total. The number of carbonyl (C=O) groups excluding carboxylic acids is 1. The summed E-state index contributed by atoms with van der Waals surface area (Å²) in [5.74, 6) is 0.581. The van der Waals surface area contributed by atoms with Gasteiger partial charge in [0, 0.05) is 24.3 Å². The van der Waals surface area contributed by atoms with Crippen molar-refractivity contribution in [3.63, 3.8) is 0 Å². The average Bonchev–Trinajstić information content (AvgIpc) is 2.34. The molecule has 5 nitrogen and oxygen atoms in total. The molecule has 0 unspecified atom stereocenters. The highest BCUT2D eigenvalue weighted by atomic mass is 32.2. The third kappa shape index (κ3) is 4.37. The van der Waals surface area contributed by atoms with Gasteiger partial charge in [-0.15, -0.1) is 0 Å². The van der Waals surface area contributed by atoms with Crippen molar-refractivity contribution in [2.75, 3.05) is 26.2 Å². The molecule has 0 aliphatic carbocycles. The molecule has 1 rings (SSSR count). The fourth-order valence-corrected chi connectivity index (χ4v) is 1.95. The number of ketones is 1. The molecule has 0 aromatic heterocycles. The second-order valence-corrected chi connectivity index (χ2v) is 6.16. The first-order valence-corrected chi connectivity index (χ1v) is 7.36. The van der Waals surface area contributed by atoms with Crippen LogP contribution in [0.4, 0.5) is 0 Å². The van der Waals surface area contributed by atoms with Crippen molar-refractivity contribution in [1.82, 2.24) is 0 Å². The molecule has 100 valence electrons. The molecule has 0 heterocycles. The Labute approximate surface area is 107 Å². The van der Waals surface area contributed by atoms with E-state index < -0.39 is 9.84 Å². The van der Waals surface area contributed by atoms with Gasteiger partial charge < -0.3 is 9.47 Å². The van der Waals surface area contributed by atoms with Crippen LogP contribution in [0.2, 0.25) is 0 Å². The highest BCUT2D eigenvalue weighted by Crippen LogP contribution is 2.23. The molecule has 0 amide bonds. The highest BCUT2D eigenvalue weighted by Gasteiger charge is 2.12. The van der Waals surface area contributed by atoms with Crippen LogP contribution in [-0.2, 0) is 9.84 Å². The van der Waals surface area contributed by atoms with Crippen LogP contribution in [0.3, 0.4) is 0 Å². The highest BCUT2D eigenvalue weighted by molar-refractivity contribution is 7.90. The van der Waals surface area contributed by atoms with Crippen LogP contribution < -0.4 is 9.47 Å². The smallest absolute Gasteiger partial charge is 0.164 e.